The highest BCUT2D eigenvalue weighted by molar-refractivity contribution is 4.91. The van der Waals surface area contributed by atoms with E-state index < -0.39 is 0 Å². The highest BCUT2D eigenvalue weighted by atomic mass is 16.7. The molecule has 0 amide bonds. The van der Waals surface area contributed by atoms with Crippen molar-refractivity contribution >= 4 is 0 Å². The molecule has 1 spiro atoms. The van der Waals surface area contributed by atoms with Crippen LogP contribution in [0.3, 0.4) is 0 Å². The highest BCUT2D eigenvalue weighted by Gasteiger charge is 2.46. The van der Waals surface area contributed by atoms with Crippen LogP contribution in [0.2, 0.25) is 0 Å². The summed E-state index contributed by atoms with van der Waals surface area (Å²) in [4.78, 5) is 5.31. The van der Waals surface area contributed by atoms with Crippen molar-refractivity contribution in [3.8, 4) is 0 Å². The second kappa shape index (κ2) is 8.28. The highest BCUT2D eigenvalue weighted by Crippen LogP contribution is 2.48. The fourth-order valence-corrected chi connectivity index (χ4v) is 3.76. The summed E-state index contributed by atoms with van der Waals surface area (Å²) in [5.41, 5.74) is 3.41. The average molecular weight is 328 g/mol. The summed E-state index contributed by atoms with van der Waals surface area (Å²) >= 11 is 0. The van der Waals surface area contributed by atoms with Gasteiger partial charge in [0.05, 0.1) is 19.3 Å². The fraction of sp³-hybridized carbons (Fsp3) is 1.00. The number of hydrogen-bond acceptors (Lipinski definition) is 4. The Kier molecular flexibility index (Phi) is 6.90. The van der Waals surface area contributed by atoms with Crippen LogP contribution < -0.4 is 5.48 Å². The third-order valence-electron chi connectivity index (χ3n) is 6.18. The first-order valence-corrected chi connectivity index (χ1v) is 9.56. The normalized spacial score (nSPS) is 32.1. The average Bonchev–Trinajstić information content (AvgIpc) is 2.90. The third kappa shape index (κ3) is 4.91. The van der Waals surface area contributed by atoms with E-state index in [4.69, 9.17) is 14.3 Å². The Balaban J connectivity index is 1.72. The maximum absolute atomic E-state index is 6.30. The van der Waals surface area contributed by atoms with E-state index in [1.54, 1.807) is 0 Å². The molecule has 1 saturated heterocycles. The van der Waals surface area contributed by atoms with Gasteiger partial charge in [0.2, 0.25) is 0 Å². The van der Waals surface area contributed by atoms with E-state index in [1.165, 1.54) is 12.8 Å². The summed E-state index contributed by atoms with van der Waals surface area (Å²) in [6.07, 6.45) is 6.72. The quantitative estimate of drug-likeness (QED) is 0.533. The molecule has 1 heterocycles. The third-order valence-corrected chi connectivity index (χ3v) is 6.18. The first kappa shape index (κ1) is 19.2. The largest absolute Gasteiger partial charge is 0.347 e. The van der Waals surface area contributed by atoms with E-state index in [9.17, 15) is 0 Å². The molecule has 4 nitrogen and oxygen atoms in total. The molecule has 0 radical (unpaired) electrons. The van der Waals surface area contributed by atoms with Gasteiger partial charge in [0.25, 0.3) is 0 Å². The minimum atomic E-state index is -0.293. The number of hydrogen-bond donors (Lipinski definition) is 1. The summed E-state index contributed by atoms with van der Waals surface area (Å²) in [5.74, 6) is 1.20. The smallest absolute Gasteiger partial charge is 0.168 e. The molecule has 2 rings (SSSR count). The van der Waals surface area contributed by atoms with Crippen LogP contribution in [0.15, 0.2) is 0 Å². The van der Waals surface area contributed by atoms with E-state index in [-0.39, 0.29) is 11.9 Å². The lowest BCUT2D eigenvalue weighted by molar-refractivity contribution is -0.198. The van der Waals surface area contributed by atoms with Crippen molar-refractivity contribution in [1.82, 2.24) is 5.48 Å². The molecule has 0 aromatic rings. The predicted octanol–water partition coefficient (Wildman–Crippen LogP) is 4.29. The fourth-order valence-electron chi connectivity index (χ4n) is 3.76. The van der Waals surface area contributed by atoms with Crippen molar-refractivity contribution in [2.75, 3.05) is 19.8 Å². The molecule has 23 heavy (non-hydrogen) atoms. The molecule has 0 bridgehead atoms. The summed E-state index contributed by atoms with van der Waals surface area (Å²) in [6, 6.07) is 0. The van der Waals surface area contributed by atoms with Crippen LogP contribution in [0.1, 0.15) is 73.1 Å². The molecule has 1 saturated carbocycles. The molecule has 1 unspecified atom stereocenters. The van der Waals surface area contributed by atoms with Gasteiger partial charge in [0.1, 0.15) is 0 Å². The zero-order chi connectivity index (χ0) is 16.9. The van der Waals surface area contributed by atoms with E-state index in [0.29, 0.717) is 11.3 Å². The van der Waals surface area contributed by atoms with Gasteiger partial charge in [-0.25, -0.2) is 5.48 Å². The van der Waals surface area contributed by atoms with Crippen molar-refractivity contribution in [1.29, 1.82) is 0 Å². The lowest BCUT2D eigenvalue weighted by Crippen LogP contribution is -2.41. The first-order chi connectivity index (χ1) is 10.9. The van der Waals surface area contributed by atoms with Gasteiger partial charge < -0.3 is 14.3 Å². The van der Waals surface area contributed by atoms with Gasteiger partial charge >= 0.3 is 0 Å². The second-order valence-corrected chi connectivity index (χ2v) is 8.24. The Morgan fingerprint density at radius 3 is 2.57 bits per heavy atom. The van der Waals surface area contributed by atoms with Crippen LogP contribution in [0.25, 0.3) is 0 Å². The number of rotatable bonds is 8. The van der Waals surface area contributed by atoms with Gasteiger partial charge in [-0.2, -0.15) is 0 Å². The first-order valence-electron chi connectivity index (χ1n) is 9.56. The van der Waals surface area contributed by atoms with E-state index in [1.807, 2.05) is 0 Å². The molecule has 1 atom stereocenters. The summed E-state index contributed by atoms with van der Waals surface area (Å²) < 4.78 is 12.4. The Morgan fingerprint density at radius 2 is 1.96 bits per heavy atom. The topological polar surface area (TPSA) is 39.7 Å². The SMILES string of the molecule is CCCONCCC1COC2(CCC(C(C)(C)C(C)C)CC2)O1. The molecule has 1 aliphatic heterocycles. The van der Waals surface area contributed by atoms with E-state index >= 15 is 0 Å². The Morgan fingerprint density at radius 1 is 1.26 bits per heavy atom. The van der Waals surface area contributed by atoms with Crippen LogP contribution in [0.5, 0.6) is 0 Å². The molecule has 2 fully saturated rings. The Hall–Kier alpha value is -0.160. The maximum Gasteiger partial charge on any atom is 0.168 e. The van der Waals surface area contributed by atoms with Gasteiger partial charge in [-0.1, -0.05) is 34.6 Å². The molecule has 0 aromatic carbocycles. The molecule has 136 valence electrons. The summed E-state index contributed by atoms with van der Waals surface area (Å²) in [5, 5.41) is 0. The van der Waals surface area contributed by atoms with Crippen LogP contribution in [0.4, 0.5) is 0 Å². The second-order valence-electron chi connectivity index (χ2n) is 8.24. The van der Waals surface area contributed by atoms with Crippen LogP contribution in [-0.4, -0.2) is 31.6 Å². The van der Waals surface area contributed by atoms with E-state index in [2.05, 4.69) is 40.1 Å². The molecule has 1 aliphatic carbocycles. The van der Waals surface area contributed by atoms with Crippen molar-refractivity contribution in [3.63, 3.8) is 0 Å². The molecule has 0 aromatic heterocycles. The monoisotopic (exact) mass is 327 g/mol. The van der Waals surface area contributed by atoms with Gasteiger partial charge in [-0.15, -0.1) is 0 Å². The zero-order valence-corrected chi connectivity index (χ0v) is 15.8. The summed E-state index contributed by atoms with van der Waals surface area (Å²) in [7, 11) is 0. The minimum absolute atomic E-state index is 0.211. The van der Waals surface area contributed by atoms with Gasteiger partial charge in [-0.05, 0) is 42.9 Å². The lowest BCUT2D eigenvalue weighted by Gasteiger charge is -2.44. The number of hydroxylamine groups is 1. The number of nitrogens with one attached hydrogen (secondary N) is 1. The molecular weight excluding hydrogens is 290 g/mol. The molecular formula is C19H37NO3. The van der Waals surface area contributed by atoms with Crippen LogP contribution in [0, 0.1) is 17.3 Å². The van der Waals surface area contributed by atoms with Gasteiger partial charge in [-0.3, -0.25) is 0 Å². The van der Waals surface area contributed by atoms with Crippen molar-refractivity contribution < 1.29 is 14.3 Å². The minimum Gasteiger partial charge on any atom is -0.347 e. The van der Waals surface area contributed by atoms with Gasteiger partial charge in [0, 0.05) is 19.4 Å². The van der Waals surface area contributed by atoms with Crippen LogP contribution in [-0.2, 0) is 14.3 Å². The van der Waals surface area contributed by atoms with Crippen LogP contribution >= 0.6 is 0 Å². The standard InChI is InChI=1S/C19H37NO3/c1-6-13-22-20-12-9-17-14-21-19(23-17)10-7-16(8-11-19)18(4,5)15(2)3/h15-17,20H,6-14H2,1-5H3. The lowest BCUT2D eigenvalue weighted by atomic mass is 9.64. The molecule has 1 N–H and O–H groups in total. The number of ether oxygens (including phenoxy) is 2. The molecule has 4 heteroatoms. The van der Waals surface area contributed by atoms with Crippen molar-refractivity contribution in [2.45, 2.75) is 85.0 Å². The Bertz CT molecular complexity index is 349. The Labute approximate surface area is 142 Å². The maximum atomic E-state index is 6.30. The van der Waals surface area contributed by atoms with Crippen molar-refractivity contribution in [3.05, 3.63) is 0 Å². The molecule has 2 aliphatic rings. The zero-order valence-electron chi connectivity index (χ0n) is 15.8. The predicted molar refractivity (Wildman–Crippen MR) is 93.0 cm³/mol. The van der Waals surface area contributed by atoms with Crippen molar-refractivity contribution in [2.24, 2.45) is 17.3 Å². The summed E-state index contributed by atoms with van der Waals surface area (Å²) in [6.45, 7) is 14.0. The van der Waals surface area contributed by atoms with Gasteiger partial charge in [0.15, 0.2) is 5.79 Å². The van der Waals surface area contributed by atoms with E-state index in [0.717, 1.165) is 51.4 Å².